The largest absolute Gasteiger partial charge is 0.507 e. The van der Waals surface area contributed by atoms with Crippen LogP contribution < -0.4 is 18.9 Å². The van der Waals surface area contributed by atoms with Crippen LogP contribution in [0.25, 0.3) is 5.76 Å². The number of likely N-dealkylation sites (N-methyl/N-ethyl adjacent to an activating group) is 1. The summed E-state index contributed by atoms with van der Waals surface area (Å²) >= 11 is 0. The first-order valence-corrected chi connectivity index (χ1v) is 13.2. The summed E-state index contributed by atoms with van der Waals surface area (Å²) in [4.78, 5) is 30.2. The fraction of sp³-hybridized carbons (Fsp3) is 0.312. The number of methoxy groups -OCH3 is 3. The molecule has 4 rings (SSSR count). The van der Waals surface area contributed by atoms with Crippen molar-refractivity contribution in [2.75, 3.05) is 48.5 Å². The summed E-state index contributed by atoms with van der Waals surface area (Å²) < 4.78 is 22.5. The van der Waals surface area contributed by atoms with Gasteiger partial charge in [0, 0.05) is 18.7 Å². The number of amides is 1. The molecule has 41 heavy (non-hydrogen) atoms. The van der Waals surface area contributed by atoms with Gasteiger partial charge in [-0.05, 0) is 68.0 Å². The van der Waals surface area contributed by atoms with E-state index in [9.17, 15) is 14.7 Å². The van der Waals surface area contributed by atoms with Gasteiger partial charge in [0.1, 0.15) is 18.1 Å². The number of likely N-dealkylation sites (tertiary alicyclic amines) is 1. The molecule has 1 fully saturated rings. The third-order valence-electron chi connectivity index (χ3n) is 7.03. The molecule has 0 radical (unpaired) electrons. The third-order valence-corrected chi connectivity index (χ3v) is 7.03. The van der Waals surface area contributed by atoms with Crippen LogP contribution in [0.5, 0.6) is 23.0 Å². The molecule has 0 saturated carbocycles. The summed E-state index contributed by atoms with van der Waals surface area (Å²) in [5.74, 6) is 0.0340. The van der Waals surface area contributed by atoms with E-state index < -0.39 is 17.7 Å². The molecular formula is C32H36N2O7. The number of hydrogen-bond donors (Lipinski definition) is 1. The maximum Gasteiger partial charge on any atom is 0.295 e. The molecule has 9 nitrogen and oxygen atoms in total. The predicted octanol–water partition coefficient (Wildman–Crippen LogP) is 4.58. The second-order valence-corrected chi connectivity index (χ2v) is 10.0. The van der Waals surface area contributed by atoms with Crippen LogP contribution in [0.3, 0.4) is 0 Å². The molecule has 0 aliphatic carbocycles. The van der Waals surface area contributed by atoms with E-state index >= 15 is 0 Å². The third kappa shape index (κ3) is 6.15. The van der Waals surface area contributed by atoms with Crippen LogP contribution in [0.2, 0.25) is 0 Å². The first kappa shape index (κ1) is 29.5. The van der Waals surface area contributed by atoms with Crippen molar-refractivity contribution in [3.8, 4) is 23.0 Å². The van der Waals surface area contributed by atoms with Gasteiger partial charge in [0.25, 0.3) is 11.7 Å². The summed E-state index contributed by atoms with van der Waals surface area (Å²) in [7, 11) is 8.26. The van der Waals surface area contributed by atoms with Gasteiger partial charge in [0.15, 0.2) is 11.5 Å². The zero-order valence-corrected chi connectivity index (χ0v) is 24.3. The highest BCUT2D eigenvalue weighted by Crippen LogP contribution is 2.46. The Morgan fingerprint density at radius 3 is 2.15 bits per heavy atom. The SMILES string of the molecule is COc1cc([C@@H]2C(=C(O)c3ccc(OCc4ccccc4)cc3C)C(=O)C(=O)N2CCN(C)C)cc(OC)c1OC. The lowest BCUT2D eigenvalue weighted by Gasteiger charge is -2.27. The summed E-state index contributed by atoms with van der Waals surface area (Å²) in [6.07, 6.45) is 0. The van der Waals surface area contributed by atoms with Crippen molar-refractivity contribution in [1.29, 1.82) is 0 Å². The van der Waals surface area contributed by atoms with Crippen molar-refractivity contribution in [1.82, 2.24) is 9.80 Å². The highest BCUT2D eigenvalue weighted by Gasteiger charge is 2.46. The normalized spacial score (nSPS) is 16.3. The standard InChI is InChI=1S/C32H36N2O7/c1-20-16-23(41-19-21-10-8-7-9-11-21)12-13-24(20)29(35)27-28(34(15-14-33(2)3)32(37)30(27)36)22-17-25(38-4)31(40-6)26(18-22)39-5/h7-13,16-18,28,35H,14-15,19H2,1-6H3/t28-/m1/s1. The number of benzene rings is 3. The van der Waals surface area contributed by atoms with Gasteiger partial charge < -0.3 is 33.9 Å². The number of carbonyl (C=O) groups is 2. The zero-order chi connectivity index (χ0) is 29.7. The predicted molar refractivity (Wildman–Crippen MR) is 156 cm³/mol. The van der Waals surface area contributed by atoms with E-state index in [-0.39, 0.29) is 17.9 Å². The van der Waals surface area contributed by atoms with Crippen LogP contribution in [0.15, 0.2) is 66.2 Å². The molecule has 9 heteroatoms. The van der Waals surface area contributed by atoms with Gasteiger partial charge >= 0.3 is 0 Å². The molecule has 3 aromatic carbocycles. The molecule has 0 spiro atoms. The van der Waals surface area contributed by atoms with E-state index in [0.29, 0.717) is 52.8 Å². The molecule has 1 saturated heterocycles. The minimum absolute atomic E-state index is 0.0101. The fourth-order valence-corrected chi connectivity index (χ4v) is 4.90. The lowest BCUT2D eigenvalue weighted by atomic mass is 9.93. The number of hydrogen-bond acceptors (Lipinski definition) is 8. The first-order valence-electron chi connectivity index (χ1n) is 13.2. The minimum Gasteiger partial charge on any atom is -0.507 e. The van der Waals surface area contributed by atoms with Gasteiger partial charge in [-0.1, -0.05) is 30.3 Å². The van der Waals surface area contributed by atoms with E-state index in [4.69, 9.17) is 18.9 Å². The molecule has 0 bridgehead atoms. The number of Topliss-reactive ketones (excluding diaryl/α,β-unsaturated/α-hetero) is 1. The van der Waals surface area contributed by atoms with Crippen molar-refractivity contribution >= 4 is 17.4 Å². The number of aliphatic hydroxyl groups is 1. The van der Waals surface area contributed by atoms with Gasteiger partial charge in [0.05, 0.1) is 32.9 Å². The van der Waals surface area contributed by atoms with Crippen molar-refractivity contribution in [3.05, 3.63) is 88.5 Å². The molecular weight excluding hydrogens is 524 g/mol. The van der Waals surface area contributed by atoms with Crippen LogP contribution in [0.1, 0.15) is 28.3 Å². The number of ether oxygens (including phenoxy) is 4. The molecule has 3 aromatic rings. The second kappa shape index (κ2) is 12.8. The van der Waals surface area contributed by atoms with Crippen molar-refractivity contribution in [2.45, 2.75) is 19.6 Å². The Morgan fingerprint density at radius 1 is 0.927 bits per heavy atom. The molecule has 1 atom stereocenters. The van der Waals surface area contributed by atoms with E-state index in [1.165, 1.54) is 26.2 Å². The maximum atomic E-state index is 13.5. The Morgan fingerprint density at radius 2 is 1.59 bits per heavy atom. The number of carbonyl (C=O) groups excluding carboxylic acids is 2. The highest BCUT2D eigenvalue weighted by molar-refractivity contribution is 6.46. The maximum absolute atomic E-state index is 13.5. The van der Waals surface area contributed by atoms with E-state index in [1.807, 2.05) is 56.3 Å². The fourth-order valence-electron chi connectivity index (χ4n) is 4.90. The van der Waals surface area contributed by atoms with Gasteiger partial charge in [-0.15, -0.1) is 0 Å². The average molecular weight is 561 g/mol. The molecule has 1 amide bonds. The summed E-state index contributed by atoms with van der Waals surface area (Å²) in [6, 6.07) is 17.5. The minimum atomic E-state index is -0.878. The second-order valence-electron chi connectivity index (χ2n) is 10.0. The number of rotatable bonds is 11. The topological polar surface area (TPSA) is 97.8 Å². The smallest absolute Gasteiger partial charge is 0.295 e. The quantitative estimate of drug-likeness (QED) is 0.207. The average Bonchev–Trinajstić information content (AvgIpc) is 3.23. The summed E-state index contributed by atoms with van der Waals surface area (Å²) in [5.41, 5.74) is 2.68. The molecule has 1 heterocycles. The number of nitrogens with zero attached hydrogens (tertiary/aromatic N) is 2. The van der Waals surface area contributed by atoms with Crippen molar-refractivity contribution in [2.24, 2.45) is 0 Å². The number of aryl methyl sites for hydroxylation is 1. The number of aliphatic hydroxyl groups excluding tert-OH is 1. The summed E-state index contributed by atoms with van der Waals surface area (Å²) in [5, 5.41) is 11.6. The molecule has 0 unspecified atom stereocenters. The van der Waals surface area contributed by atoms with Crippen LogP contribution in [-0.2, 0) is 16.2 Å². The van der Waals surface area contributed by atoms with E-state index in [2.05, 4.69) is 0 Å². The van der Waals surface area contributed by atoms with Crippen LogP contribution in [-0.4, -0.2) is 75.1 Å². The van der Waals surface area contributed by atoms with Crippen LogP contribution in [0.4, 0.5) is 0 Å². The van der Waals surface area contributed by atoms with Crippen LogP contribution in [0, 0.1) is 6.92 Å². The number of ketones is 1. The molecule has 216 valence electrons. The van der Waals surface area contributed by atoms with Crippen molar-refractivity contribution < 1.29 is 33.6 Å². The van der Waals surface area contributed by atoms with E-state index in [1.54, 1.807) is 30.3 Å². The molecule has 1 aliphatic heterocycles. The van der Waals surface area contributed by atoms with Gasteiger partial charge in [0.2, 0.25) is 5.75 Å². The van der Waals surface area contributed by atoms with Gasteiger partial charge in [-0.2, -0.15) is 0 Å². The monoisotopic (exact) mass is 560 g/mol. The van der Waals surface area contributed by atoms with Crippen molar-refractivity contribution in [3.63, 3.8) is 0 Å². The molecule has 1 aliphatic rings. The Hall–Kier alpha value is -4.50. The van der Waals surface area contributed by atoms with Crippen LogP contribution >= 0.6 is 0 Å². The lowest BCUT2D eigenvalue weighted by Crippen LogP contribution is -2.35. The Kier molecular flexibility index (Phi) is 9.19. The Bertz CT molecular complexity index is 1420. The Labute approximate surface area is 240 Å². The van der Waals surface area contributed by atoms with Gasteiger partial charge in [-0.3, -0.25) is 9.59 Å². The summed E-state index contributed by atoms with van der Waals surface area (Å²) in [6.45, 7) is 2.99. The molecule has 0 aromatic heterocycles. The van der Waals surface area contributed by atoms with Gasteiger partial charge in [-0.25, -0.2) is 0 Å². The highest BCUT2D eigenvalue weighted by atomic mass is 16.5. The zero-order valence-electron chi connectivity index (χ0n) is 24.3. The first-order chi connectivity index (χ1) is 19.7. The molecule has 1 N–H and O–H groups in total. The lowest BCUT2D eigenvalue weighted by molar-refractivity contribution is -0.140. The Balaban J connectivity index is 1.79. The van der Waals surface area contributed by atoms with E-state index in [0.717, 1.165) is 5.56 Å².